The van der Waals surface area contributed by atoms with Crippen molar-refractivity contribution in [1.82, 2.24) is 18.7 Å². The first kappa shape index (κ1) is 19.4. The van der Waals surface area contributed by atoms with E-state index in [9.17, 15) is 9.59 Å². The number of benzene rings is 1. The van der Waals surface area contributed by atoms with Gasteiger partial charge >= 0.3 is 5.69 Å². The minimum atomic E-state index is -0.399. The number of thioether (sulfide) groups is 1. The maximum absolute atomic E-state index is 13.0. The second-order valence-electron chi connectivity index (χ2n) is 6.71. The molecule has 3 heterocycles. The van der Waals surface area contributed by atoms with E-state index < -0.39 is 5.69 Å². The standard InChI is InChI=1S/C18H19Cl2N5O2S/c1-22-15-14(16(26)23(2)18(22)27)25(10-11-9-12(19)3-4-13(11)20)17(21-15)24-5-7-28-8-6-24/h3-4,9H,5-8,10H2,1-2H3. The molecule has 1 aliphatic rings. The number of anilines is 1. The lowest BCUT2D eigenvalue weighted by atomic mass is 10.2. The van der Waals surface area contributed by atoms with E-state index in [0.29, 0.717) is 33.7 Å². The summed E-state index contributed by atoms with van der Waals surface area (Å²) >= 11 is 14.4. The molecule has 3 aromatic rings. The summed E-state index contributed by atoms with van der Waals surface area (Å²) in [5, 5.41) is 1.13. The van der Waals surface area contributed by atoms with Crippen LogP contribution in [0.3, 0.4) is 0 Å². The predicted octanol–water partition coefficient (Wildman–Crippen LogP) is 2.34. The molecule has 0 radical (unpaired) electrons. The van der Waals surface area contributed by atoms with Crippen molar-refractivity contribution < 1.29 is 0 Å². The van der Waals surface area contributed by atoms with E-state index in [2.05, 4.69) is 4.90 Å². The van der Waals surface area contributed by atoms with Crippen LogP contribution in [0.25, 0.3) is 11.2 Å². The van der Waals surface area contributed by atoms with Gasteiger partial charge < -0.3 is 4.90 Å². The number of aromatic nitrogens is 4. The Morgan fingerprint density at radius 3 is 2.54 bits per heavy atom. The number of hydrogen-bond donors (Lipinski definition) is 0. The van der Waals surface area contributed by atoms with Crippen molar-refractivity contribution >= 4 is 52.1 Å². The van der Waals surface area contributed by atoms with E-state index in [1.165, 1.54) is 11.6 Å². The highest BCUT2D eigenvalue weighted by atomic mass is 35.5. The molecular weight excluding hydrogens is 421 g/mol. The zero-order chi connectivity index (χ0) is 20.0. The first-order valence-corrected chi connectivity index (χ1v) is 10.7. The first-order valence-electron chi connectivity index (χ1n) is 8.81. The van der Waals surface area contributed by atoms with E-state index in [0.717, 1.165) is 34.7 Å². The number of imidazole rings is 1. The summed E-state index contributed by atoms with van der Waals surface area (Å²) in [4.78, 5) is 32.2. The fraction of sp³-hybridized carbons (Fsp3) is 0.389. The monoisotopic (exact) mass is 439 g/mol. The van der Waals surface area contributed by atoms with Crippen LogP contribution in [0.2, 0.25) is 10.0 Å². The van der Waals surface area contributed by atoms with E-state index in [-0.39, 0.29) is 5.56 Å². The Bertz CT molecular complexity index is 1180. The number of nitrogens with zero attached hydrogens (tertiary/aromatic N) is 5. The third kappa shape index (κ3) is 3.23. The molecule has 0 amide bonds. The van der Waals surface area contributed by atoms with Gasteiger partial charge in [0.15, 0.2) is 11.2 Å². The lowest BCUT2D eigenvalue weighted by molar-refractivity contribution is 0.700. The van der Waals surface area contributed by atoms with Crippen LogP contribution in [0.5, 0.6) is 0 Å². The van der Waals surface area contributed by atoms with E-state index in [1.807, 2.05) is 16.3 Å². The average molecular weight is 440 g/mol. The van der Waals surface area contributed by atoms with Gasteiger partial charge in [-0.3, -0.25) is 18.5 Å². The van der Waals surface area contributed by atoms with Crippen LogP contribution in [-0.2, 0) is 20.6 Å². The maximum atomic E-state index is 13.0. The summed E-state index contributed by atoms with van der Waals surface area (Å²) in [5.41, 5.74) is 0.774. The smallest absolute Gasteiger partial charge is 0.332 e. The van der Waals surface area contributed by atoms with Crippen molar-refractivity contribution in [1.29, 1.82) is 0 Å². The molecule has 10 heteroatoms. The lowest BCUT2D eigenvalue weighted by Gasteiger charge is -2.28. The van der Waals surface area contributed by atoms with Gasteiger partial charge in [0.25, 0.3) is 5.56 Å². The normalized spacial score (nSPS) is 14.8. The number of rotatable bonds is 3. The van der Waals surface area contributed by atoms with Crippen LogP contribution >= 0.6 is 35.0 Å². The molecule has 0 saturated carbocycles. The van der Waals surface area contributed by atoms with Crippen LogP contribution in [0, 0.1) is 0 Å². The van der Waals surface area contributed by atoms with Crippen molar-refractivity contribution in [3.8, 4) is 0 Å². The molecule has 148 valence electrons. The quantitative estimate of drug-likeness (QED) is 0.626. The SMILES string of the molecule is Cn1c(=O)c2c(nc(N3CCSCC3)n2Cc2cc(Cl)ccc2Cl)n(C)c1=O. The largest absolute Gasteiger partial charge is 0.341 e. The summed E-state index contributed by atoms with van der Waals surface area (Å²) in [6.45, 7) is 1.99. The van der Waals surface area contributed by atoms with Gasteiger partial charge in [-0.25, -0.2) is 4.79 Å². The number of fused-ring (bicyclic) bond motifs is 1. The van der Waals surface area contributed by atoms with Gasteiger partial charge in [-0.2, -0.15) is 16.7 Å². The Balaban J connectivity index is 1.99. The zero-order valence-corrected chi connectivity index (χ0v) is 17.8. The second kappa shape index (κ2) is 7.50. The van der Waals surface area contributed by atoms with Crippen LogP contribution in [0.1, 0.15) is 5.56 Å². The van der Waals surface area contributed by atoms with Crippen molar-refractivity contribution in [2.75, 3.05) is 29.5 Å². The Morgan fingerprint density at radius 1 is 1.11 bits per heavy atom. The Morgan fingerprint density at radius 2 is 1.82 bits per heavy atom. The third-order valence-corrected chi connectivity index (χ3v) is 6.50. The number of aryl methyl sites for hydroxylation is 1. The van der Waals surface area contributed by atoms with Gasteiger partial charge in [-0.1, -0.05) is 23.2 Å². The van der Waals surface area contributed by atoms with Crippen molar-refractivity contribution in [2.45, 2.75) is 6.54 Å². The average Bonchev–Trinajstić information content (AvgIpc) is 3.07. The molecule has 0 unspecified atom stereocenters. The molecule has 0 aliphatic carbocycles. The minimum Gasteiger partial charge on any atom is -0.341 e. The summed E-state index contributed by atoms with van der Waals surface area (Å²) in [6, 6.07) is 5.26. The lowest BCUT2D eigenvalue weighted by Crippen LogP contribution is -2.38. The van der Waals surface area contributed by atoms with Gasteiger partial charge in [0.05, 0.1) is 6.54 Å². The zero-order valence-electron chi connectivity index (χ0n) is 15.5. The number of hydrogen-bond acceptors (Lipinski definition) is 5. The molecule has 2 aromatic heterocycles. The van der Waals surface area contributed by atoms with Crippen molar-refractivity contribution in [2.24, 2.45) is 14.1 Å². The molecule has 28 heavy (non-hydrogen) atoms. The van der Waals surface area contributed by atoms with Gasteiger partial charge in [0.2, 0.25) is 5.95 Å². The highest BCUT2D eigenvalue weighted by Gasteiger charge is 2.24. The molecule has 4 rings (SSSR count). The Kier molecular flexibility index (Phi) is 5.20. The van der Waals surface area contributed by atoms with Gasteiger partial charge in [-0.15, -0.1) is 0 Å². The third-order valence-electron chi connectivity index (χ3n) is 4.96. The van der Waals surface area contributed by atoms with Crippen LogP contribution in [0.4, 0.5) is 5.95 Å². The molecule has 1 aliphatic heterocycles. The molecule has 0 N–H and O–H groups in total. The number of halogens is 2. The van der Waals surface area contributed by atoms with Crippen LogP contribution in [0.15, 0.2) is 27.8 Å². The first-order chi connectivity index (χ1) is 13.4. The van der Waals surface area contributed by atoms with Crippen LogP contribution < -0.4 is 16.1 Å². The predicted molar refractivity (Wildman–Crippen MR) is 115 cm³/mol. The molecule has 0 atom stereocenters. The highest BCUT2D eigenvalue weighted by Crippen LogP contribution is 2.27. The van der Waals surface area contributed by atoms with Gasteiger partial charge in [0.1, 0.15) is 0 Å². The summed E-state index contributed by atoms with van der Waals surface area (Å²) < 4.78 is 4.37. The van der Waals surface area contributed by atoms with Crippen molar-refractivity contribution in [3.05, 3.63) is 54.6 Å². The second-order valence-corrected chi connectivity index (χ2v) is 8.78. The Hall–Kier alpha value is -1.90. The molecule has 1 aromatic carbocycles. The molecule has 0 bridgehead atoms. The summed E-state index contributed by atoms with van der Waals surface area (Å²) in [5.74, 6) is 2.64. The fourth-order valence-electron chi connectivity index (χ4n) is 3.42. The maximum Gasteiger partial charge on any atom is 0.332 e. The van der Waals surface area contributed by atoms with Crippen molar-refractivity contribution in [3.63, 3.8) is 0 Å². The highest BCUT2D eigenvalue weighted by molar-refractivity contribution is 7.99. The van der Waals surface area contributed by atoms with E-state index >= 15 is 0 Å². The van der Waals surface area contributed by atoms with E-state index in [4.69, 9.17) is 28.2 Å². The topological polar surface area (TPSA) is 65.1 Å². The fourth-order valence-corrected chi connectivity index (χ4v) is 4.70. The molecular formula is C18H19Cl2N5O2S. The minimum absolute atomic E-state index is 0.336. The Labute approximate surface area is 175 Å². The molecule has 0 spiro atoms. The van der Waals surface area contributed by atoms with Gasteiger partial charge in [-0.05, 0) is 23.8 Å². The molecule has 1 fully saturated rings. The molecule has 7 nitrogen and oxygen atoms in total. The van der Waals surface area contributed by atoms with E-state index in [1.54, 1.807) is 25.2 Å². The summed E-state index contributed by atoms with van der Waals surface area (Å²) in [6.07, 6.45) is 0. The molecule has 1 saturated heterocycles. The summed E-state index contributed by atoms with van der Waals surface area (Å²) in [7, 11) is 3.11. The van der Waals surface area contributed by atoms with Crippen LogP contribution in [-0.4, -0.2) is 43.3 Å². The van der Waals surface area contributed by atoms with Gasteiger partial charge in [0, 0.05) is 48.7 Å².